The lowest BCUT2D eigenvalue weighted by Gasteiger charge is -2.24. The van der Waals surface area contributed by atoms with Crippen LogP contribution in [0.1, 0.15) is 55.8 Å². The van der Waals surface area contributed by atoms with Gasteiger partial charge in [-0.1, -0.05) is 32.0 Å². The van der Waals surface area contributed by atoms with Crippen LogP contribution in [0.25, 0.3) is 0 Å². The quantitative estimate of drug-likeness (QED) is 0.854. The topological polar surface area (TPSA) is 26.0 Å². The standard InChI is InChI=1S/C17H25N/c1-3-11-5-6-12(4-2)16(7-11)17(18)15-9-13-8-14(13)10-15/h5-7,13-15,17H,3-4,8-10,18H2,1-2H3. The molecule has 0 aromatic heterocycles. The maximum atomic E-state index is 6.58. The zero-order valence-electron chi connectivity index (χ0n) is 11.7. The SMILES string of the molecule is CCc1ccc(CC)c(C(N)C2CC3CC3C2)c1. The van der Waals surface area contributed by atoms with Crippen molar-refractivity contribution in [1.29, 1.82) is 0 Å². The lowest BCUT2D eigenvalue weighted by Crippen LogP contribution is -2.22. The van der Waals surface area contributed by atoms with Crippen LogP contribution in [-0.2, 0) is 12.8 Å². The van der Waals surface area contributed by atoms with Gasteiger partial charge in [0.15, 0.2) is 0 Å². The van der Waals surface area contributed by atoms with Crippen molar-refractivity contribution >= 4 is 0 Å². The van der Waals surface area contributed by atoms with Gasteiger partial charge >= 0.3 is 0 Å². The number of hydrogen-bond donors (Lipinski definition) is 1. The average Bonchev–Trinajstić information content (AvgIpc) is 3.03. The van der Waals surface area contributed by atoms with Crippen molar-refractivity contribution in [2.24, 2.45) is 23.5 Å². The molecule has 0 radical (unpaired) electrons. The minimum absolute atomic E-state index is 0.277. The molecule has 3 rings (SSSR count). The number of benzene rings is 1. The smallest absolute Gasteiger partial charge is 0.0326 e. The van der Waals surface area contributed by atoms with Crippen molar-refractivity contribution < 1.29 is 0 Å². The van der Waals surface area contributed by atoms with E-state index in [9.17, 15) is 0 Å². The first kappa shape index (κ1) is 12.2. The van der Waals surface area contributed by atoms with E-state index in [2.05, 4.69) is 32.0 Å². The number of hydrogen-bond acceptors (Lipinski definition) is 1. The van der Waals surface area contributed by atoms with Crippen LogP contribution in [0.5, 0.6) is 0 Å². The Hall–Kier alpha value is -0.820. The molecule has 1 nitrogen and oxygen atoms in total. The molecule has 0 spiro atoms. The molecule has 1 heteroatoms. The second-order valence-corrected chi connectivity index (χ2v) is 6.25. The number of rotatable bonds is 4. The molecule has 0 amide bonds. The Kier molecular flexibility index (Phi) is 3.19. The molecule has 2 saturated carbocycles. The third-order valence-corrected chi connectivity index (χ3v) is 5.15. The highest BCUT2D eigenvalue weighted by Crippen LogP contribution is 2.56. The Morgan fingerprint density at radius 2 is 1.83 bits per heavy atom. The first-order valence-corrected chi connectivity index (χ1v) is 7.60. The lowest BCUT2D eigenvalue weighted by atomic mass is 9.86. The predicted octanol–water partition coefficient (Wildman–Crippen LogP) is 3.86. The Balaban J connectivity index is 1.84. The zero-order valence-corrected chi connectivity index (χ0v) is 11.7. The highest BCUT2D eigenvalue weighted by atomic mass is 14.7. The van der Waals surface area contributed by atoms with Crippen LogP contribution < -0.4 is 5.73 Å². The van der Waals surface area contributed by atoms with E-state index >= 15 is 0 Å². The number of nitrogens with two attached hydrogens (primary N) is 1. The predicted molar refractivity (Wildman–Crippen MR) is 76.4 cm³/mol. The third kappa shape index (κ3) is 2.09. The van der Waals surface area contributed by atoms with E-state index in [4.69, 9.17) is 5.73 Å². The Morgan fingerprint density at radius 1 is 1.11 bits per heavy atom. The van der Waals surface area contributed by atoms with Crippen molar-refractivity contribution in [3.05, 3.63) is 34.9 Å². The number of aryl methyl sites for hydroxylation is 2. The molecule has 2 aliphatic rings. The number of fused-ring (bicyclic) bond motifs is 1. The molecule has 2 N–H and O–H groups in total. The molecule has 0 saturated heterocycles. The first-order valence-electron chi connectivity index (χ1n) is 7.60. The normalized spacial score (nSPS) is 31.2. The van der Waals surface area contributed by atoms with Gasteiger partial charge in [-0.05, 0) is 66.5 Å². The van der Waals surface area contributed by atoms with E-state index in [1.165, 1.54) is 36.0 Å². The van der Waals surface area contributed by atoms with Crippen LogP contribution in [-0.4, -0.2) is 0 Å². The fraction of sp³-hybridized carbons (Fsp3) is 0.647. The van der Waals surface area contributed by atoms with Gasteiger partial charge < -0.3 is 5.73 Å². The summed E-state index contributed by atoms with van der Waals surface area (Å²) in [6, 6.07) is 7.21. The van der Waals surface area contributed by atoms with E-state index in [0.29, 0.717) is 0 Å². The van der Waals surface area contributed by atoms with Gasteiger partial charge in [-0.25, -0.2) is 0 Å². The fourth-order valence-corrected chi connectivity index (χ4v) is 3.81. The third-order valence-electron chi connectivity index (χ3n) is 5.15. The zero-order chi connectivity index (χ0) is 12.7. The van der Waals surface area contributed by atoms with E-state index in [-0.39, 0.29) is 6.04 Å². The van der Waals surface area contributed by atoms with Crippen molar-refractivity contribution in [2.45, 2.75) is 52.0 Å². The minimum Gasteiger partial charge on any atom is -0.324 e. The van der Waals surface area contributed by atoms with E-state index in [1.807, 2.05) is 0 Å². The summed E-state index contributed by atoms with van der Waals surface area (Å²) in [4.78, 5) is 0. The summed E-state index contributed by atoms with van der Waals surface area (Å²) in [5.74, 6) is 2.80. The largest absolute Gasteiger partial charge is 0.324 e. The molecule has 3 atom stereocenters. The van der Waals surface area contributed by atoms with E-state index in [1.54, 1.807) is 0 Å². The maximum absolute atomic E-state index is 6.58. The van der Waals surface area contributed by atoms with E-state index < -0.39 is 0 Å². The second-order valence-electron chi connectivity index (χ2n) is 6.25. The van der Waals surface area contributed by atoms with Crippen LogP contribution in [0.2, 0.25) is 0 Å². The summed E-state index contributed by atoms with van der Waals surface area (Å²) in [5.41, 5.74) is 10.9. The molecule has 1 aromatic carbocycles. The van der Waals surface area contributed by atoms with Crippen LogP contribution in [0.3, 0.4) is 0 Å². The van der Waals surface area contributed by atoms with Gasteiger partial charge in [-0.15, -0.1) is 0 Å². The summed E-state index contributed by atoms with van der Waals surface area (Å²) in [7, 11) is 0. The van der Waals surface area contributed by atoms with Crippen LogP contribution >= 0.6 is 0 Å². The van der Waals surface area contributed by atoms with Gasteiger partial charge in [0.2, 0.25) is 0 Å². The molecule has 1 aromatic rings. The van der Waals surface area contributed by atoms with Crippen LogP contribution in [0, 0.1) is 17.8 Å². The highest BCUT2D eigenvalue weighted by Gasteiger charge is 2.47. The Bertz CT molecular complexity index is 427. The summed E-state index contributed by atoms with van der Waals surface area (Å²) < 4.78 is 0. The molecule has 0 bridgehead atoms. The summed E-state index contributed by atoms with van der Waals surface area (Å²) >= 11 is 0. The molecule has 2 fully saturated rings. The molecule has 18 heavy (non-hydrogen) atoms. The molecule has 0 aliphatic heterocycles. The van der Waals surface area contributed by atoms with Crippen molar-refractivity contribution in [3.8, 4) is 0 Å². The van der Waals surface area contributed by atoms with Crippen molar-refractivity contribution in [3.63, 3.8) is 0 Å². The average molecular weight is 243 g/mol. The van der Waals surface area contributed by atoms with Crippen LogP contribution in [0.4, 0.5) is 0 Å². The monoisotopic (exact) mass is 243 g/mol. The summed E-state index contributed by atoms with van der Waals surface area (Å²) in [6.07, 6.45) is 6.46. The molecule has 2 aliphatic carbocycles. The molecular formula is C17H25N. The van der Waals surface area contributed by atoms with Crippen molar-refractivity contribution in [1.82, 2.24) is 0 Å². The summed E-state index contributed by atoms with van der Waals surface area (Å²) in [6.45, 7) is 4.46. The van der Waals surface area contributed by atoms with Crippen LogP contribution in [0.15, 0.2) is 18.2 Å². The summed E-state index contributed by atoms with van der Waals surface area (Å²) in [5, 5.41) is 0. The van der Waals surface area contributed by atoms with Gasteiger partial charge in [0.1, 0.15) is 0 Å². The lowest BCUT2D eigenvalue weighted by molar-refractivity contribution is 0.402. The highest BCUT2D eigenvalue weighted by molar-refractivity contribution is 5.35. The van der Waals surface area contributed by atoms with Gasteiger partial charge in [0, 0.05) is 6.04 Å². The van der Waals surface area contributed by atoms with Crippen molar-refractivity contribution in [2.75, 3.05) is 0 Å². The van der Waals surface area contributed by atoms with Gasteiger partial charge in [-0.2, -0.15) is 0 Å². The van der Waals surface area contributed by atoms with E-state index in [0.717, 1.165) is 30.6 Å². The minimum atomic E-state index is 0.277. The second kappa shape index (κ2) is 4.70. The fourth-order valence-electron chi connectivity index (χ4n) is 3.81. The first-order chi connectivity index (χ1) is 8.72. The molecule has 0 heterocycles. The van der Waals surface area contributed by atoms with Gasteiger partial charge in [0.05, 0.1) is 0 Å². The maximum Gasteiger partial charge on any atom is 0.0326 e. The molecule has 3 unspecified atom stereocenters. The van der Waals surface area contributed by atoms with Gasteiger partial charge in [0.25, 0.3) is 0 Å². The Labute approximate surface area is 111 Å². The van der Waals surface area contributed by atoms with Gasteiger partial charge in [-0.3, -0.25) is 0 Å². The molecule has 98 valence electrons. The molecular weight excluding hydrogens is 218 g/mol. The Morgan fingerprint density at radius 3 is 2.44 bits per heavy atom.